The molecule has 90 heavy (non-hydrogen) atoms. The molecule has 0 saturated carbocycles. The summed E-state index contributed by atoms with van der Waals surface area (Å²) in [7, 11) is 8.18. The average Bonchev–Trinajstić information content (AvgIpc) is 1.10. The van der Waals surface area contributed by atoms with Gasteiger partial charge in [-0.3, -0.25) is 52.7 Å². The quantitative estimate of drug-likeness (QED) is 0.186. The molecule has 2 heterocycles. The summed E-state index contributed by atoms with van der Waals surface area (Å²) < 4.78 is 41.9. The fraction of sp³-hybridized carbons (Fsp3) is 0.609. The number of carbonyl (C=O) groups is 11. The molecule has 4 rings (SSSR count). The van der Waals surface area contributed by atoms with Crippen LogP contribution in [0.1, 0.15) is 118 Å². The van der Waals surface area contributed by atoms with Crippen LogP contribution in [0.15, 0.2) is 48.5 Å². The van der Waals surface area contributed by atoms with Gasteiger partial charge in [0, 0.05) is 84.1 Å². The van der Waals surface area contributed by atoms with Gasteiger partial charge in [-0.25, -0.2) is 0 Å². The monoisotopic (exact) mass is 1370 g/mol. The second-order valence-corrected chi connectivity index (χ2v) is 26.4. The molecule has 2 aliphatic heterocycles. The lowest BCUT2D eigenvalue weighted by molar-refractivity contribution is -0.157. The maximum atomic E-state index is 14.7. The molecule has 0 aromatic heterocycles. The van der Waals surface area contributed by atoms with Gasteiger partial charge in [0.1, 0.15) is 47.8 Å². The van der Waals surface area contributed by atoms with Crippen LogP contribution in [0, 0.1) is 33.7 Å². The minimum absolute atomic E-state index is 0.0757. The molecule has 0 bridgehead atoms. The third-order valence-corrected chi connectivity index (χ3v) is 17.7. The van der Waals surface area contributed by atoms with E-state index in [0.717, 1.165) is 47.4 Å². The average molecular weight is 1370 g/mol. The fourth-order valence-electron chi connectivity index (χ4n) is 10.6. The van der Waals surface area contributed by atoms with E-state index in [1.54, 1.807) is 38.1 Å². The molecule has 0 aliphatic carbocycles. The Morgan fingerprint density at radius 1 is 0.656 bits per heavy atom. The van der Waals surface area contributed by atoms with Crippen LogP contribution in [0.25, 0.3) is 0 Å². The largest absolute Gasteiger partial charge is 0.416 e. The van der Waals surface area contributed by atoms with E-state index < -0.39 is 150 Å². The normalized spacial score (nSPS) is 24.9. The molecule has 22 nitrogen and oxygen atoms in total. The molecule has 26 heteroatoms. The van der Waals surface area contributed by atoms with Crippen molar-refractivity contribution < 1.29 is 65.9 Å². The first kappa shape index (κ1) is 75.2. The number of terminal acetylenes is 1. The van der Waals surface area contributed by atoms with Crippen molar-refractivity contribution in [1.82, 2.24) is 55.6 Å². The Morgan fingerprint density at radius 2 is 1.27 bits per heavy atom. The highest BCUT2D eigenvalue weighted by molar-refractivity contribution is 14.1. The van der Waals surface area contributed by atoms with Crippen LogP contribution in [0.5, 0.6) is 0 Å². The van der Waals surface area contributed by atoms with Gasteiger partial charge in [-0.05, 0) is 116 Å². The zero-order valence-corrected chi connectivity index (χ0v) is 56.6. The number of hydrogen-bond donors (Lipinski definition) is 4. The second-order valence-electron chi connectivity index (χ2n) is 25.2. The molecule has 2 aliphatic rings. The number of carbonyl (C=O) groups excluding carboxylic acids is 11. The highest BCUT2D eigenvalue weighted by atomic mass is 127. The van der Waals surface area contributed by atoms with Crippen molar-refractivity contribution in [2.24, 2.45) is 17.8 Å². The van der Waals surface area contributed by atoms with E-state index in [2.05, 4.69) is 49.8 Å². The van der Waals surface area contributed by atoms with Gasteiger partial charge in [0.15, 0.2) is 0 Å². The molecular formula is C64H91F3IN11O11. The number of amides is 11. The topological polar surface area (TPSA) is 259 Å². The summed E-state index contributed by atoms with van der Waals surface area (Å²) in [6, 6.07) is 1.18. The van der Waals surface area contributed by atoms with Crippen molar-refractivity contribution in [2.75, 3.05) is 61.9 Å². The predicted octanol–water partition coefficient (Wildman–Crippen LogP) is 3.86. The minimum atomic E-state index is -4.69. The number of likely N-dealkylation sites (N-methyl/N-ethyl adjacent to an activating group) is 6. The number of nitrogens with one attached hydrogen (secondary N) is 4. The molecule has 2 saturated heterocycles. The molecule has 11 amide bonds. The van der Waals surface area contributed by atoms with Crippen LogP contribution in [0.3, 0.4) is 0 Å². The fourth-order valence-corrected chi connectivity index (χ4v) is 11.2. The molecule has 2 fully saturated rings. The van der Waals surface area contributed by atoms with E-state index in [4.69, 9.17) is 6.42 Å². The van der Waals surface area contributed by atoms with Crippen LogP contribution in [-0.2, 0) is 71.8 Å². The Morgan fingerprint density at radius 3 is 1.81 bits per heavy atom. The molecule has 4 N–H and O–H groups in total. The number of nitrogens with zero attached hydrogens (tertiary/aromatic N) is 7. The number of hydrogen-bond acceptors (Lipinski definition) is 11. The van der Waals surface area contributed by atoms with E-state index in [1.807, 2.05) is 34.6 Å². The first-order valence-corrected chi connectivity index (χ1v) is 31.3. The SMILES string of the molecule is C#CC[C@@H]1NC(=O)[C@H](Cc2cccc(I)c2)NC(=O)CN(C)C(=O)[C@H](Cc2ccc(C(F)(F)F)cc2)N(C)C(=O)[C@@H]2CCN2C(=O)CN(C)C(=O)[C@H]([C@@H](C)CC)NC(=O)[C@H](CC(C)C)N(C)C(=O)C[C@@H](C)N(C)C(=O)[C@H](CC(C)C)NC(=O)C(C)(C)N(C)C1=O. The zero-order valence-electron chi connectivity index (χ0n) is 54.5. The minimum Gasteiger partial charge on any atom is -0.342 e. The van der Waals surface area contributed by atoms with Gasteiger partial charge in [-0.15, -0.1) is 12.3 Å². The summed E-state index contributed by atoms with van der Waals surface area (Å²) in [5.41, 5.74) is -1.89. The summed E-state index contributed by atoms with van der Waals surface area (Å²) in [5.74, 6) is -6.25. The molecule has 2 aromatic rings. The number of halogens is 4. The van der Waals surface area contributed by atoms with Gasteiger partial charge in [0.2, 0.25) is 65.0 Å². The van der Waals surface area contributed by atoms with E-state index in [0.29, 0.717) is 12.0 Å². The van der Waals surface area contributed by atoms with Gasteiger partial charge in [-0.1, -0.05) is 72.2 Å². The lowest BCUT2D eigenvalue weighted by Gasteiger charge is -2.43. The molecule has 496 valence electrons. The van der Waals surface area contributed by atoms with E-state index in [-0.39, 0.29) is 68.9 Å². The summed E-state index contributed by atoms with van der Waals surface area (Å²) in [6.45, 7) is 14.3. The smallest absolute Gasteiger partial charge is 0.342 e. The van der Waals surface area contributed by atoms with E-state index in [9.17, 15) is 65.9 Å². The molecule has 9 atom stereocenters. The Bertz CT molecular complexity index is 2990. The van der Waals surface area contributed by atoms with Gasteiger partial charge in [-0.2, -0.15) is 13.2 Å². The van der Waals surface area contributed by atoms with Gasteiger partial charge in [0.25, 0.3) is 0 Å². The van der Waals surface area contributed by atoms with Crippen molar-refractivity contribution in [3.8, 4) is 12.3 Å². The van der Waals surface area contributed by atoms with Crippen molar-refractivity contribution in [1.29, 1.82) is 0 Å². The maximum absolute atomic E-state index is 14.7. The predicted molar refractivity (Wildman–Crippen MR) is 340 cm³/mol. The first-order valence-electron chi connectivity index (χ1n) is 30.3. The molecular weight excluding hydrogens is 1280 g/mol. The van der Waals surface area contributed by atoms with Crippen molar-refractivity contribution >= 4 is 87.6 Å². The highest BCUT2D eigenvalue weighted by Crippen LogP contribution is 2.30. The van der Waals surface area contributed by atoms with Crippen molar-refractivity contribution in [3.63, 3.8) is 0 Å². The standard InChI is InChI=1S/C64H91F3IN11O11/c1-17-20-45-58(86)78(16)63(9,10)62(90)71-47(29-37(3)4)57(85)75(13)40(8)31-52(81)76(14)49(30-38(5)6)56(84)72-54(39(7)18-2)61(89)74(12)36-53(82)79-28-27-48(79)60(88)77(15)50(34-41-23-25-43(26-24-41)64(65,66)67)59(87)73(11)35-51(80)69-46(55(83)70-45)33-42-21-19-22-44(68)32-42/h1,19,21-26,32,37-40,45-50,54H,18,20,27-31,33-36H2,2-16H3,(H,69,80)(H,70,83)(H,71,90)(H,72,84)/t39-,40+,45-,46-,47-,48-,49-,50-,54-/m0/s1. The summed E-state index contributed by atoms with van der Waals surface area (Å²) >= 11 is 2.07. The maximum Gasteiger partial charge on any atom is 0.416 e. The number of rotatable bonds is 11. The van der Waals surface area contributed by atoms with Crippen molar-refractivity contribution in [2.45, 2.75) is 174 Å². The van der Waals surface area contributed by atoms with Crippen LogP contribution in [0.2, 0.25) is 0 Å². The van der Waals surface area contributed by atoms with Gasteiger partial charge in [0.05, 0.1) is 18.7 Å². The summed E-state index contributed by atoms with van der Waals surface area (Å²) in [5, 5.41) is 11.0. The van der Waals surface area contributed by atoms with E-state index in [1.165, 1.54) is 70.8 Å². The van der Waals surface area contributed by atoms with Crippen LogP contribution in [0.4, 0.5) is 13.2 Å². The summed E-state index contributed by atoms with van der Waals surface area (Å²) in [6.07, 6.45) is 0.811. The zero-order chi connectivity index (χ0) is 68.0. The second kappa shape index (κ2) is 32.6. The van der Waals surface area contributed by atoms with Crippen LogP contribution in [-0.4, -0.2) is 215 Å². The van der Waals surface area contributed by atoms with Crippen LogP contribution >= 0.6 is 22.6 Å². The Hall–Kier alpha value is -7.31. The highest BCUT2D eigenvalue weighted by Gasteiger charge is 2.45. The third kappa shape index (κ3) is 19.8. The van der Waals surface area contributed by atoms with E-state index >= 15 is 0 Å². The molecule has 0 spiro atoms. The Kier molecular flexibility index (Phi) is 27.2. The Labute approximate surface area is 541 Å². The van der Waals surface area contributed by atoms with Gasteiger partial charge >= 0.3 is 6.18 Å². The van der Waals surface area contributed by atoms with Crippen molar-refractivity contribution in [3.05, 3.63) is 68.8 Å². The number of alkyl halides is 3. The number of benzene rings is 2. The molecule has 0 unspecified atom stereocenters. The van der Waals surface area contributed by atoms with Gasteiger partial charge < -0.3 is 55.6 Å². The summed E-state index contributed by atoms with van der Waals surface area (Å²) in [4.78, 5) is 167. The Balaban J connectivity index is 1.84. The lowest BCUT2D eigenvalue weighted by Crippen LogP contribution is -2.63. The number of fused-ring (bicyclic) bond motifs is 1. The first-order chi connectivity index (χ1) is 41.9. The molecule has 0 radical (unpaired) electrons. The third-order valence-electron chi connectivity index (χ3n) is 17.0. The van der Waals surface area contributed by atoms with Crippen LogP contribution < -0.4 is 21.3 Å². The lowest BCUT2D eigenvalue weighted by atomic mass is 9.95. The molecule has 2 aromatic carbocycles.